The summed E-state index contributed by atoms with van der Waals surface area (Å²) in [6.45, 7) is 7.46. The average molecular weight is 322 g/mol. The van der Waals surface area contributed by atoms with Crippen molar-refractivity contribution in [3.8, 4) is 0 Å². The second-order valence-electron chi connectivity index (χ2n) is 5.60. The highest BCUT2D eigenvalue weighted by Crippen LogP contribution is 2.18. The Bertz CT molecular complexity index is 589. The van der Waals surface area contributed by atoms with Crippen LogP contribution in [0, 0.1) is 5.82 Å². The molecule has 2 rings (SSSR count). The summed E-state index contributed by atoms with van der Waals surface area (Å²) in [5, 5.41) is 2.66. The lowest BCUT2D eigenvalue weighted by Gasteiger charge is -2.26. The first kappa shape index (κ1) is 17.2. The zero-order valence-electron chi connectivity index (χ0n) is 13.5. The van der Waals surface area contributed by atoms with E-state index in [1.807, 2.05) is 0 Å². The van der Waals surface area contributed by atoms with Crippen molar-refractivity contribution in [2.45, 2.75) is 26.3 Å². The van der Waals surface area contributed by atoms with Crippen molar-refractivity contribution < 1.29 is 14.0 Å². The highest BCUT2D eigenvalue weighted by Gasteiger charge is 2.29. The van der Waals surface area contributed by atoms with Gasteiger partial charge in [0.05, 0.1) is 5.56 Å². The molecule has 1 aromatic carbocycles. The van der Waals surface area contributed by atoms with Gasteiger partial charge in [0.25, 0.3) is 5.91 Å². The van der Waals surface area contributed by atoms with Crippen molar-refractivity contribution in [2.75, 3.05) is 31.5 Å². The molecule has 0 bridgehead atoms. The van der Waals surface area contributed by atoms with Gasteiger partial charge in [-0.05, 0) is 37.7 Å². The topological polar surface area (TPSA) is 78.7 Å². The van der Waals surface area contributed by atoms with E-state index in [2.05, 4.69) is 24.1 Å². The molecule has 0 aliphatic carbocycles. The van der Waals surface area contributed by atoms with E-state index in [9.17, 15) is 14.0 Å². The Balaban J connectivity index is 1.98. The van der Waals surface area contributed by atoms with E-state index >= 15 is 0 Å². The van der Waals surface area contributed by atoms with E-state index in [4.69, 9.17) is 5.73 Å². The third kappa shape index (κ3) is 3.98. The van der Waals surface area contributed by atoms with Gasteiger partial charge in [-0.25, -0.2) is 9.18 Å². The number of benzene rings is 1. The van der Waals surface area contributed by atoms with E-state index in [-0.39, 0.29) is 11.6 Å². The van der Waals surface area contributed by atoms with E-state index in [0.717, 1.165) is 25.6 Å². The van der Waals surface area contributed by atoms with Crippen LogP contribution < -0.4 is 11.1 Å². The van der Waals surface area contributed by atoms with Gasteiger partial charge in [0, 0.05) is 24.8 Å². The van der Waals surface area contributed by atoms with Crippen molar-refractivity contribution in [1.29, 1.82) is 0 Å². The van der Waals surface area contributed by atoms with Crippen molar-refractivity contribution in [1.82, 2.24) is 9.80 Å². The van der Waals surface area contributed by atoms with Crippen molar-refractivity contribution in [2.24, 2.45) is 5.73 Å². The van der Waals surface area contributed by atoms with Crippen LogP contribution in [0.5, 0.6) is 0 Å². The number of nitrogens with zero attached hydrogens (tertiary/aromatic N) is 2. The number of amides is 3. The molecule has 23 heavy (non-hydrogen) atoms. The van der Waals surface area contributed by atoms with Crippen LogP contribution in [0.25, 0.3) is 0 Å². The number of likely N-dealkylation sites (tertiary alicyclic amines) is 1. The van der Waals surface area contributed by atoms with Crippen LogP contribution in [-0.4, -0.2) is 54.0 Å². The molecule has 6 nitrogen and oxygen atoms in total. The molecule has 1 aliphatic rings. The normalized spacial score (nSPS) is 17.6. The van der Waals surface area contributed by atoms with Gasteiger partial charge in [-0.1, -0.05) is 13.8 Å². The van der Waals surface area contributed by atoms with Crippen molar-refractivity contribution in [3.05, 3.63) is 29.6 Å². The average Bonchev–Trinajstić information content (AvgIpc) is 2.98. The molecule has 0 spiro atoms. The SMILES string of the molecule is CCN(CC)[C@H]1CCN(C(=O)Nc2ccc(C(N)=O)c(F)c2)C1. The van der Waals surface area contributed by atoms with Gasteiger partial charge in [-0.15, -0.1) is 0 Å². The smallest absolute Gasteiger partial charge is 0.321 e. The Kier molecular flexibility index (Phi) is 5.54. The standard InChI is InChI=1S/C16H23FN4O2/c1-3-20(4-2)12-7-8-21(10-12)16(23)19-11-5-6-13(15(18)22)14(17)9-11/h5-6,9,12H,3-4,7-8,10H2,1-2H3,(H2,18,22)(H,19,23)/t12-/m0/s1. The molecule has 3 amide bonds. The van der Waals surface area contributed by atoms with Crippen molar-refractivity contribution in [3.63, 3.8) is 0 Å². The summed E-state index contributed by atoms with van der Waals surface area (Å²) in [7, 11) is 0. The highest BCUT2D eigenvalue weighted by atomic mass is 19.1. The zero-order valence-corrected chi connectivity index (χ0v) is 13.5. The molecular weight excluding hydrogens is 299 g/mol. The predicted octanol–water partition coefficient (Wildman–Crippen LogP) is 1.87. The number of nitrogens with two attached hydrogens (primary N) is 1. The van der Waals surface area contributed by atoms with Gasteiger partial charge >= 0.3 is 6.03 Å². The van der Waals surface area contributed by atoms with E-state index in [0.29, 0.717) is 24.8 Å². The molecule has 1 saturated heterocycles. The number of likely N-dealkylation sites (N-methyl/N-ethyl adjacent to an activating group) is 1. The molecule has 3 N–H and O–H groups in total. The van der Waals surface area contributed by atoms with Gasteiger partial charge in [-0.2, -0.15) is 0 Å². The molecular formula is C16H23FN4O2. The van der Waals surface area contributed by atoms with Crippen molar-refractivity contribution >= 4 is 17.6 Å². The summed E-state index contributed by atoms with van der Waals surface area (Å²) < 4.78 is 13.7. The summed E-state index contributed by atoms with van der Waals surface area (Å²) in [4.78, 5) is 27.3. The molecule has 7 heteroatoms. The van der Waals surface area contributed by atoms with Crippen LogP contribution in [0.4, 0.5) is 14.9 Å². The number of anilines is 1. The lowest BCUT2D eigenvalue weighted by Crippen LogP contribution is -2.39. The summed E-state index contributed by atoms with van der Waals surface area (Å²) in [5.74, 6) is -1.57. The lowest BCUT2D eigenvalue weighted by molar-refractivity contribution is 0.0996. The molecule has 1 heterocycles. The number of urea groups is 1. The summed E-state index contributed by atoms with van der Waals surface area (Å²) >= 11 is 0. The molecule has 0 aromatic heterocycles. The molecule has 0 radical (unpaired) electrons. The first-order valence-electron chi connectivity index (χ1n) is 7.85. The third-order valence-corrected chi connectivity index (χ3v) is 4.27. The van der Waals surface area contributed by atoms with Crippen LogP contribution in [0.2, 0.25) is 0 Å². The van der Waals surface area contributed by atoms with E-state index in [1.165, 1.54) is 12.1 Å². The second-order valence-corrected chi connectivity index (χ2v) is 5.60. The lowest BCUT2D eigenvalue weighted by atomic mass is 10.2. The molecule has 1 aliphatic heterocycles. The minimum atomic E-state index is -0.831. The van der Waals surface area contributed by atoms with Gasteiger partial charge in [-0.3, -0.25) is 9.69 Å². The Labute approximate surface area is 135 Å². The number of carbonyl (C=O) groups excluding carboxylic acids is 2. The fourth-order valence-corrected chi connectivity index (χ4v) is 2.96. The molecule has 0 saturated carbocycles. The first-order chi connectivity index (χ1) is 11.0. The summed E-state index contributed by atoms with van der Waals surface area (Å²) in [6, 6.07) is 3.96. The zero-order chi connectivity index (χ0) is 17.0. The monoisotopic (exact) mass is 322 g/mol. The van der Waals surface area contributed by atoms with E-state index < -0.39 is 11.7 Å². The van der Waals surface area contributed by atoms with Crippen LogP contribution in [0.15, 0.2) is 18.2 Å². The van der Waals surface area contributed by atoms with Gasteiger partial charge in [0.1, 0.15) is 5.82 Å². The maximum absolute atomic E-state index is 13.7. The highest BCUT2D eigenvalue weighted by molar-refractivity contribution is 5.94. The maximum Gasteiger partial charge on any atom is 0.321 e. The Morgan fingerprint density at radius 3 is 2.65 bits per heavy atom. The Morgan fingerprint density at radius 2 is 2.09 bits per heavy atom. The van der Waals surface area contributed by atoms with E-state index in [1.54, 1.807) is 4.90 Å². The number of primary amides is 1. The minimum Gasteiger partial charge on any atom is -0.366 e. The summed E-state index contributed by atoms with van der Waals surface area (Å²) in [6.07, 6.45) is 0.935. The maximum atomic E-state index is 13.7. The van der Waals surface area contributed by atoms with Gasteiger partial charge in [0.15, 0.2) is 0 Å². The fraction of sp³-hybridized carbons (Fsp3) is 0.500. The van der Waals surface area contributed by atoms with Crippen LogP contribution in [0.3, 0.4) is 0 Å². The second kappa shape index (κ2) is 7.41. The Morgan fingerprint density at radius 1 is 1.39 bits per heavy atom. The minimum absolute atomic E-state index is 0.189. The Hall–Kier alpha value is -2.15. The third-order valence-electron chi connectivity index (χ3n) is 4.27. The van der Waals surface area contributed by atoms with Crippen LogP contribution >= 0.6 is 0 Å². The fourth-order valence-electron chi connectivity index (χ4n) is 2.96. The summed E-state index contributed by atoms with van der Waals surface area (Å²) in [5.41, 5.74) is 5.18. The molecule has 1 atom stereocenters. The molecule has 1 fully saturated rings. The van der Waals surface area contributed by atoms with Gasteiger partial charge < -0.3 is 16.0 Å². The van der Waals surface area contributed by atoms with Crippen LogP contribution in [0.1, 0.15) is 30.6 Å². The first-order valence-corrected chi connectivity index (χ1v) is 7.85. The number of hydrogen-bond acceptors (Lipinski definition) is 3. The number of halogens is 1. The number of nitrogens with one attached hydrogen (secondary N) is 1. The molecule has 0 unspecified atom stereocenters. The quantitative estimate of drug-likeness (QED) is 0.868. The van der Waals surface area contributed by atoms with Gasteiger partial charge in [0.2, 0.25) is 0 Å². The largest absolute Gasteiger partial charge is 0.366 e. The number of rotatable bonds is 5. The number of carbonyl (C=O) groups is 2. The predicted molar refractivity (Wildman–Crippen MR) is 86.8 cm³/mol. The molecule has 1 aromatic rings. The molecule has 126 valence electrons. The number of hydrogen-bond donors (Lipinski definition) is 2. The van der Waals surface area contributed by atoms with Crippen LogP contribution in [-0.2, 0) is 0 Å².